The predicted octanol–water partition coefficient (Wildman–Crippen LogP) is 0.823. The Morgan fingerprint density at radius 3 is 1.77 bits per heavy atom. The molecule has 9 nitrogen and oxygen atoms in total. The molecule has 1 aliphatic rings. The van der Waals surface area contributed by atoms with Crippen molar-refractivity contribution in [3.63, 3.8) is 0 Å². The summed E-state index contributed by atoms with van der Waals surface area (Å²) in [4.78, 5) is 45.8. The van der Waals surface area contributed by atoms with Crippen molar-refractivity contribution in [1.82, 2.24) is 0 Å². The van der Waals surface area contributed by atoms with Crippen LogP contribution in [0, 0.1) is 0 Å². The quantitative estimate of drug-likeness (QED) is 0.455. The summed E-state index contributed by atoms with van der Waals surface area (Å²) >= 11 is 1.32. The number of thioether (sulfide) groups is 1. The van der Waals surface area contributed by atoms with E-state index < -0.39 is 53.7 Å². The fourth-order valence-corrected chi connectivity index (χ4v) is 3.44. The van der Waals surface area contributed by atoms with Crippen molar-refractivity contribution in [1.29, 1.82) is 0 Å². The standard InChI is InChI=1S/C16H24O9S/c1-6-26-16-15(24-11(5)20)14(23-10(4)19)13(22-9(3)18)12(25-16)7-21-8(2)17/h12-16H,6-7H2,1-5H3/t12-,13+,14-,15-,16-/m0/s1. The average molecular weight is 392 g/mol. The van der Waals surface area contributed by atoms with Crippen LogP contribution in [0.2, 0.25) is 0 Å². The van der Waals surface area contributed by atoms with Crippen molar-refractivity contribution < 1.29 is 42.9 Å². The molecule has 26 heavy (non-hydrogen) atoms. The van der Waals surface area contributed by atoms with E-state index in [2.05, 4.69) is 0 Å². The zero-order valence-electron chi connectivity index (χ0n) is 15.4. The maximum atomic E-state index is 11.6. The summed E-state index contributed by atoms with van der Waals surface area (Å²) in [6.45, 7) is 6.48. The van der Waals surface area contributed by atoms with Gasteiger partial charge in [-0.05, 0) is 5.75 Å². The molecule has 0 aromatic rings. The first-order valence-corrected chi connectivity index (χ1v) is 9.12. The fraction of sp³-hybridized carbons (Fsp3) is 0.750. The first kappa shape index (κ1) is 22.2. The van der Waals surface area contributed by atoms with Crippen LogP contribution < -0.4 is 0 Å². The first-order chi connectivity index (χ1) is 12.1. The molecule has 1 aliphatic heterocycles. The van der Waals surface area contributed by atoms with Crippen LogP contribution in [-0.2, 0) is 42.9 Å². The van der Waals surface area contributed by atoms with Crippen molar-refractivity contribution in [3.05, 3.63) is 0 Å². The van der Waals surface area contributed by atoms with E-state index in [-0.39, 0.29) is 6.61 Å². The molecule has 5 atom stereocenters. The van der Waals surface area contributed by atoms with Crippen LogP contribution >= 0.6 is 11.8 Å². The molecule has 0 aliphatic carbocycles. The van der Waals surface area contributed by atoms with Crippen molar-refractivity contribution in [3.8, 4) is 0 Å². The lowest BCUT2D eigenvalue weighted by atomic mass is 9.99. The van der Waals surface area contributed by atoms with Gasteiger partial charge in [-0.1, -0.05) is 6.92 Å². The van der Waals surface area contributed by atoms with Crippen molar-refractivity contribution in [2.24, 2.45) is 0 Å². The van der Waals surface area contributed by atoms with Gasteiger partial charge in [0.1, 0.15) is 18.1 Å². The van der Waals surface area contributed by atoms with Gasteiger partial charge in [0.25, 0.3) is 0 Å². The lowest BCUT2D eigenvalue weighted by Gasteiger charge is -2.44. The highest BCUT2D eigenvalue weighted by Gasteiger charge is 2.52. The predicted molar refractivity (Wildman–Crippen MR) is 90.1 cm³/mol. The van der Waals surface area contributed by atoms with Gasteiger partial charge in [0, 0.05) is 27.7 Å². The maximum absolute atomic E-state index is 11.6. The molecule has 10 heteroatoms. The summed E-state index contributed by atoms with van der Waals surface area (Å²) in [6.07, 6.45) is -4.07. The van der Waals surface area contributed by atoms with E-state index in [9.17, 15) is 19.2 Å². The van der Waals surface area contributed by atoms with Crippen molar-refractivity contribution >= 4 is 35.6 Å². The molecular formula is C16H24O9S. The summed E-state index contributed by atoms with van der Waals surface area (Å²) < 4.78 is 26.7. The average Bonchev–Trinajstić information content (AvgIpc) is 2.50. The highest BCUT2D eigenvalue weighted by Crippen LogP contribution is 2.34. The Labute approximate surface area is 156 Å². The van der Waals surface area contributed by atoms with Gasteiger partial charge in [0.05, 0.1) is 0 Å². The monoisotopic (exact) mass is 392 g/mol. The Morgan fingerprint density at radius 2 is 1.31 bits per heavy atom. The Bertz CT molecular complexity index is 536. The molecule has 148 valence electrons. The van der Waals surface area contributed by atoms with E-state index in [0.29, 0.717) is 5.75 Å². The van der Waals surface area contributed by atoms with Gasteiger partial charge in [0.15, 0.2) is 18.3 Å². The molecule has 1 heterocycles. The zero-order valence-corrected chi connectivity index (χ0v) is 16.2. The molecule has 0 N–H and O–H groups in total. The van der Waals surface area contributed by atoms with Crippen LogP contribution in [-0.4, -0.2) is 66.1 Å². The van der Waals surface area contributed by atoms with Crippen molar-refractivity contribution in [2.75, 3.05) is 12.4 Å². The molecule has 0 amide bonds. The second-order valence-corrected chi connectivity index (χ2v) is 6.90. The highest BCUT2D eigenvalue weighted by atomic mass is 32.2. The van der Waals surface area contributed by atoms with Crippen LogP contribution in [0.25, 0.3) is 0 Å². The Hall–Kier alpha value is -1.81. The number of hydrogen-bond acceptors (Lipinski definition) is 10. The van der Waals surface area contributed by atoms with Gasteiger partial charge in [0.2, 0.25) is 0 Å². The van der Waals surface area contributed by atoms with Crippen LogP contribution in [0.5, 0.6) is 0 Å². The van der Waals surface area contributed by atoms with E-state index in [1.165, 1.54) is 39.5 Å². The minimum Gasteiger partial charge on any atom is -0.463 e. The molecule has 1 fully saturated rings. The van der Waals surface area contributed by atoms with E-state index in [0.717, 1.165) is 0 Å². The number of carbonyl (C=O) groups is 4. The SMILES string of the molecule is CCS[C@@H]1O[C@@H](COC(C)=O)[C@@H](OC(C)=O)[C@H](OC(C)=O)[C@@H]1OC(C)=O. The zero-order chi connectivity index (χ0) is 19.9. The Kier molecular flexibility index (Phi) is 8.86. The van der Waals surface area contributed by atoms with Crippen LogP contribution in [0.3, 0.4) is 0 Å². The lowest BCUT2D eigenvalue weighted by molar-refractivity contribution is -0.237. The number of hydrogen-bond donors (Lipinski definition) is 0. The Morgan fingerprint density at radius 1 is 0.808 bits per heavy atom. The van der Waals surface area contributed by atoms with Crippen LogP contribution in [0.1, 0.15) is 34.6 Å². The first-order valence-electron chi connectivity index (χ1n) is 8.07. The highest BCUT2D eigenvalue weighted by molar-refractivity contribution is 7.99. The summed E-state index contributed by atoms with van der Waals surface area (Å²) in [5.74, 6) is -1.81. The number of rotatable bonds is 7. The van der Waals surface area contributed by atoms with E-state index >= 15 is 0 Å². The molecule has 0 aromatic heterocycles. The Balaban J connectivity index is 3.22. The summed E-state index contributed by atoms with van der Waals surface area (Å²) in [5.41, 5.74) is -0.694. The minimum atomic E-state index is -1.10. The molecule has 0 aromatic carbocycles. The summed E-state index contributed by atoms with van der Waals surface area (Å²) in [7, 11) is 0. The van der Waals surface area contributed by atoms with E-state index in [1.807, 2.05) is 6.92 Å². The molecule has 0 radical (unpaired) electrons. The van der Waals surface area contributed by atoms with Crippen LogP contribution in [0.4, 0.5) is 0 Å². The van der Waals surface area contributed by atoms with Gasteiger partial charge in [-0.2, -0.15) is 0 Å². The van der Waals surface area contributed by atoms with Gasteiger partial charge in [-0.3, -0.25) is 19.2 Å². The smallest absolute Gasteiger partial charge is 0.303 e. The second-order valence-electron chi connectivity index (χ2n) is 5.52. The van der Waals surface area contributed by atoms with Gasteiger partial charge >= 0.3 is 23.9 Å². The largest absolute Gasteiger partial charge is 0.463 e. The van der Waals surface area contributed by atoms with Gasteiger partial charge in [-0.25, -0.2) is 0 Å². The lowest BCUT2D eigenvalue weighted by Crippen LogP contribution is -2.61. The molecule has 0 saturated carbocycles. The molecule has 1 saturated heterocycles. The summed E-state index contributed by atoms with van der Waals surface area (Å²) in [5, 5.41) is 0. The summed E-state index contributed by atoms with van der Waals surface area (Å²) in [6, 6.07) is 0. The third-order valence-electron chi connectivity index (χ3n) is 3.28. The topological polar surface area (TPSA) is 114 Å². The second kappa shape index (κ2) is 10.4. The van der Waals surface area contributed by atoms with Gasteiger partial charge in [-0.15, -0.1) is 11.8 Å². The third-order valence-corrected chi connectivity index (χ3v) is 4.32. The van der Waals surface area contributed by atoms with Crippen molar-refractivity contribution in [2.45, 2.75) is 64.5 Å². The van der Waals surface area contributed by atoms with E-state index in [4.69, 9.17) is 23.7 Å². The molecule has 0 bridgehead atoms. The molecule has 0 spiro atoms. The molecule has 0 unspecified atom stereocenters. The van der Waals surface area contributed by atoms with Crippen LogP contribution in [0.15, 0.2) is 0 Å². The number of carbonyl (C=O) groups excluding carboxylic acids is 4. The van der Waals surface area contributed by atoms with E-state index in [1.54, 1.807) is 0 Å². The third kappa shape index (κ3) is 6.83. The fourth-order valence-electron chi connectivity index (χ4n) is 2.49. The number of esters is 4. The molecular weight excluding hydrogens is 368 g/mol. The minimum absolute atomic E-state index is 0.210. The molecule has 1 rings (SSSR count). The normalized spacial score (nSPS) is 28.0. The van der Waals surface area contributed by atoms with Gasteiger partial charge < -0.3 is 23.7 Å². The number of ether oxygens (including phenoxy) is 5. The maximum Gasteiger partial charge on any atom is 0.303 e.